The van der Waals surface area contributed by atoms with Gasteiger partial charge in [0.1, 0.15) is 0 Å². The fourth-order valence-corrected chi connectivity index (χ4v) is 3.09. The first-order valence-corrected chi connectivity index (χ1v) is 9.70. The second-order valence-electron chi connectivity index (χ2n) is 6.54. The van der Waals surface area contributed by atoms with E-state index in [-0.39, 0.29) is 18.2 Å². The van der Waals surface area contributed by atoms with Gasteiger partial charge < -0.3 is 15.0 Å². The molecule has 0 bridgehead atoms. The Morgan fingerprint density at radius 2 is 1.71 bits per heavy atom. The van der Waals surface area contributed by atoms with Gasteiger partial charge in [-0.3, -0.25) is 9.69 Å². The zero-order chi connectivity index (χ0) is 20.5. The summed E-state index contributed by atoms with van der Waals surface area (Å²) in [5.41, 5.74) is 2.71. The number of nitrogens with one attached hydrogen (secondary N) is 1. The van der Waals surface area contributed by atoms with Gasteiger partial charge in [0.2, 0.25) is 5.91 Å². The molecule has 0 saturated heterocycles. The van der Waals surface area contributed by atoms with E-state index in [0.717, 1.165) is 30.0 Å². The number of rotatable bonds is 10. The van der Waals surface area contributed by atoms with E-state index in [2.05, 4.69) is 24.1 Å². The minimum absolute atomic E-state index is 0.0913. The topological polar surface area (TPSA) is 44.8 Å². The lowest BCUT2D eigenvalue weighted by Crippen LogP contribution is -2.32. The molecular formula is C22H30FN3O2. The summed E-state index contributed by atoms with van der Waals surface area (Å²) in [6.07, 6.45) is 0. The molecule has 2 rings (SSSR count). The number of anilines is 2. The van der Waals surface area contributed by atoms with Crippen molar-refractivity contribution < 1.29 is 13.9 Å². The van der Waals surface area contributed by atoms with E-state index in [1.807, 2.05) is 42.2 Å². The summed E-state index contributed by atoms with van der Waals surface area (Å²) >= 11 is 0. The molecule has 0 aliphatic heterocycles. The predicted octanol–water partition coefficient (Wildman–Crippen LogP) is 4.14. The predicted molar refractivity (Wildman–Crippen MR) is 113 cm³/mol. The molecule has 0 aliphatic rings. The summed E-state index contributed by atoms with van der Waals surface area (Å²) in [6, 6.07) is 12.7. The van der Waals surface area contributed by atoms with Crippen molar-refractivity contribution in [2.24, 2.45) is 0 Å². The largest absolute Gasteiger partial charge is 0.494 e. The molecule has 6 heteroatoms. The minimum Gasteiger partial charge on any atom is -0.494 e. The Labute approximate surface area is 167 Å². The van der Waals surface area contributed by atoms with Gasteiger partial charge in [0.05, 0.1) is 13.7 Å². The molecule has 0 saturated carbocycles. The summed E-state index contributed by atoms with van der Waals surface area (Å²) < 4.78 is 18.8. The highest BCUT2D eigenvalue weighted by Crippen LogP contribution is 2.19. The van der Waals surface area contributed by atoms with Crippen molar-refractivity contribution in [2.75, 3.05) is 43.5 Å². The van der Waals surface area contributed by atoms with Crippen LogP contribution in [0.15, 0.2) is 42.5 Å². The zero-order valence-corrected chi connectivity index (χ0v) is 17.2. The molecule has 2 aromatic rings. The molecule has 28 heavy (non-hydrogen) atoms. The molecule has 0 aromatic heterocycles. The molecule has 0 heterocycles. The van der Waals surface area contributed by atoms with E-state index in [4.69, 9.17) is 4.74 Å². The Bertz CT molecular complexity index is 761. The Morgan fingerprint density at radius 1 is 1.04 bits per heavy atom. The van der Waals surface area contributed by atoms with Crippen LogP contribution >= 0.6 is 0 Å². The fourth-order valence-electron chi connectivity index (χ4n) is 3.09. The Morgan fingerprint density at radius 3 is 2.25 bits per heavy atom. The number of methoxy groups -OCH3 is 1. The first kappa shape index (κ1) is 21.7. The highest BCUT2D eigenvalue weighted by Gasteiger charge is 2.12. The van der Waals surface area contributed by atoms with Crippen LogP contribution in [0.25, 0.3) is 0 Å². The Balaban J connectivity index is 1.94. The molecule has 0 spiro atoms. The van der Waals surface area contributed by atoms with Gasteiger partial charge in [-0.1, -0.05) is 13.0 Å². The van der Waals surface area contributed by atoms with E-state index in [0.29, 0.717) is 13.1 Å². The van der Waals surface area contributed by atoms with Gasteiger partial charge in [-0.25, -0.2) is 4.39 Å². The summed E-state index contributed by atoms with van der Waals surface area (Å²) in [4.78, 5) is 16.6. The van der Waals surface area contributed by atoms with Crippen molar-refractivity contribution in [1.82, 2.24) is 4.90 Å². The van der Waals surface area contributed by atoms with Crippen LogP contribution in [-0.2, 0) is 11.3 Å². The molecular weight excluding hydrogens is 357 g/mol. The average molecular weight is 387 g/mol. The fraction of sp³-hybridized carbons (Fsp3) is 0.409. The number of hydrogen-bond acceptors (Lipinski definition) is 4. The van der Waals surface area contributed by atoms with Crippen molar-refractivity contribution in [3.63, 3.8) is 0 Å². The maximum atomic E-state index is 13.9. The summed E-state index contributed by atoms with van der Waals surface area (Å²) in [6.45, 7) is 9.52. The monoisotopic (exact) mass is 387 g/mol. The van der Waals surface area contributed by atoms with Crippen LogP contribution in [0.2, 0.25) is 0 Å². The van der Waals surface area contributed by atoms with E-state index in [1.165, 1.54) is 13.2 Å². The number of benzene rings is 2. The minimum atomic E-state index is -0.395. The van der Waals surface area contributed by atoms with Crippen LogP contribution < -0.4 is 15.0 Å². The van der Waals surface area contributed by atoms with Crippen molar-refractivity contribution in [3.05, 3.63) is 53.8 Å². The molecule has 5 nitrogen and oxygen atoms in total. The van der Waals surface area contributed by atoms with Gasteiger partial charge in [-0.15, -0.1) is 0 Å². The molecule has 0 unspecified atom stereocenters. The van der Waals surface area contributed by atoms with E-state index < -0.39 is 5.82 Å². The van der Waals surface area contributed by atoms with Crippen molar-refractivity contribution in [3.8, 4) is 5.75 Å². The third-order valence-corrected chi connectivity index (χ3v) is 4.72. The van der Waals surface area contributed by atoms with Gasteiger partial charge in [-0.2, -0.15) is 0 Å². The van der Waals surface area contributed by atoms with Crippen LogP contribution in [0.5, 0.6) is 5.75 Å². The van der Waals surface area contributed by atoms with Crippen molar-refractivity contribution >= 4 is 17.3 Å². The molecule has 1 N–H and O–H groups in total. The number of halogens is 1. The molecule has 0 fully saturated rings. The summed E-state index contributed by atoms with van der Waals surface area (Å²) in [5, 5.41) is 2.93. The summed E-state index contributed by atoms with van der Waals surface area (Å²) in [5.74, 6) is -0.266. The number of ether oxygens (including phenoxy) is 1. The molecule has 0 aliphatic carbocycles. The number of likely N-dealkylation sites (N-methyl/N-ethyl adjacent to an activating group) is 1. The van der Waals surface area contributed by atoms with Crippen LogP contribution in [0.4, 0.5) is 15.8 Å². The van der Waals surface area contributed by atoms with E-state index in [1.54, 1.807) is 6.07 Å². The van der Waals surface area contributed by atoms with Crippen LogP contribution in [0, 0.1) is 5.82 Å². The van der Waals surface area contributed by atoms with Crippen LogP contribution in [0.3, 0.4) is 0 Å². The Hall–Kier alpha value is -2.60. The normalized spacial score (nSPS) is 10.8. The van der Waals surface area contributed by atoms with Gasteiger partial charge in [0.25, 0.3) is 0 Å². The van der Waals surface area contributed by atoms with Crippen LogP contribution in [-0.4, -0.2) is 44.1 Å². The van der Waals surface area contributed by atoms with E-state index in [9.17, 15) is 9.18 Å². The quantitative estimate of drug-likeness (QED) is 0.665. The lowest BCUT2D eigenvalue weighted by atomic mass is 10.2. The third-order valence-electron chi connectivity index (χ3n) is 4.72. The van der Waals surface area contributed by atoms with Gasteiger partial charge in [0.15, 0.2) is 11.6 Å². The molecule has 2 aromatic carbocycles. The molecule has 1 amide bonds. The lowest BCUT2D eigenvalue weighted by molar-refractivity contribution is -0.117. The van der Waals surface area contributed by atoms with Crippen molar-refractivity contribution in [2.45, 2.75) is 27.3 Å². The van der Waals surface area contributed by atoms with Crippen LogP contribution in [0.1, 0.15) is 26.3 Å². The standard InChI is InChI=1S/C22H30FN3O2/c1-5-25(15-17-8-13-21(28-4)20(23)14-17)16-22(27)24-18-9-11-19(12-10-18)26(6-2)7-3/h8-14H,5-7,15-16H2,1-4H3,(H,24,27). The third kappa shape index (κ3) is 5.96. The Kier molecular flexibility index (Phi) is 8.26. The first-order chi connectivity index (χ1) is 13.5. The highest BCUT2D eigenvalue weighted by atomic mass is 19.1. The average Bonchev–Trinajstić information content (AvgIpc) is 2.69. The SMILES string of the molecule is CCN(CC(=O)Nc1ccc(N(CC)CC)cc1)Cc1ccc(OC)c(F)c1. The first-order valence-electron chi connectivity index (χ1n) is 9.70. The maximum Gasteiger partial charge on any atom is 0.238 e. The second-order valence-corrected chi connectivity index (χ2v) is 6.54. The molecule has 152 valence electrons. The lowest BCUT2D eigenvalue weighted by Gasteiger charge is -2.22. The number of hydrogen-bond donors (Lipinski definition) is 1. The zero-order valence-electron chi connectivity index (χ0n) is 17.2. The van der Waals surface area contributed by atoms with Gasteiger partial charge in [0, 0.05) is 31.0 Å². The second kappa shape index (κ2) is 10.7. The molecule has 0 atom stereocenters. The number of amides is 1. The number of carbonyl (C=O) groups excluding carboxylic acids is 1. The highest BCUT2D eigenvalue weighted by molar-refractivity contribution is 5.92. The van der Waals surface area contributed by atoms with E-state index >= 15 is 0 Å². The maximum absolute atomic E-state index is 13.9. The molecule has 0 radical (unpaired) electrons. The van der Waals surface area contributed by atoms with Crippen molar-refractivity contribution in [1.29, 1.82) is 0 Å². The smallest absolute Gasteiger partial charge is 0.238 e. The van der Waals surface area contributed by atoms with Gasteiger partial charge in [-0.05, 0) is 62.4 Å². The van der Waals surface area contributed by atoms with Gasteiger partial charge >= 0.3 is 0 Å². The summed E-state index contributed by atoms with van der Waals surface area (Å²) in [7, 11) is 1.44. The number of carbonyl (C=O) groups is 1. The number of nitrogens with zero attached hydrogens (tertiary/aromatic N) is 2.